The van der Waals surface area contributed by atoms with Crippen LogP contribution in [0.3, 0.4) is 0 Å². The standard InChI is InChI=1S/C26H28FNS/c1-3-4-5-20-8-12-23(13-9-20)24-14-10-21(11-15-24)6-7-22-16-19(2)26(28-18-29)25(27)17-22/h10-11,14-17,20,23H,3-5,8-9,12-13H2,1-2H3. The second-order valence-corrected chi connectivity index (χ2v) is 8.24. The van der Waals surface area contributed by atoms with Gasteiger partial charge >= 0.3 is 0 Å². The lowest BCUT2D eigenvalue weighted by atomic mass is 9.77. The van der Waals surface area contributed by atoms with Gasteiger partial charge in [-0.2, -0.15) is 4.99 Å². The quantitative estimate of drug-likeness (QED) is 0.282. The van der Waals surface area contributed by atoms with Crippen LogP contribution in [0.15, 0.2) is 41.4 Å². The molecular weight excluding hydrogens is 377 g/mol. The zero-order valence-electron chi connectivity index (χ0n) is 17.3. The molecule has 0 radical (unpaired) electrons. The summed E-state index contributed by atoms with van der Waals surface area (Å²) in [5.41, 5.74) is 3.95. The van der Waals surface area contributed by atoms with Gasteiger partial charge in [0.15, 0.2) is 5.82 Å². The molecule has 1 nitrogen and oxygen atoms in total. The Morgan fingerprint density at radius 3 is 2.34 bits per heavy atom. The number of unbranched alkanes of at least 4 members (excludes halogenated alkanes) is 1. The fourth-order valence-corrected chi connectivity index (χ4v) is 4.35. The van der Waals surface area contributed by atoms with Gasteiger partial charge in [0.25, 0.3) is 0 Å². The van der Waals surface area contributed by atoms with E-state index in [-0.39, 0.29) is 5.69 Å². The molecule has 2 aromatic rings. The molecule has 2 aromatic carbocycles. The highest BCUT2D eigenvalue weighted by molar-refractivity contribution is 7.78. The number of aliphatic imine (C=N–C) groups is 1. The first-order valence-corrected chi connectivity index (χ1v) is 11.0. The Labute approximate surface area is 179 Å². The number of benzene rings is 2. The predicted octanol–water partition coefficient (Wildman–Crippen LogP) is 7.73. The number of hydrogen-bond acceptors (Lipinski definition) is 2. The smallest absolute Gasteiger partial charge is 0.151 e. The van der Waals surface area contributed by atoms with E-state index >= 15 is 0 Å². The molecule has 1 saturated carbocycles. The number of aryl methyl sites for hydroxylation is 1. The van der Waals surface area contributed by atoms with Crippen molar-refractivity contribution in [1.82, 2.24) is 0 Å². The van der Waals surface area contributed by atoms with Gasteiger partial charge in [-0.3, -0.25) is 0 Å². The molecule has 0 aromatic heterocycles. The molecule has 29 heavy (non-hydrogen) atoms. The number of isothiocyanates is 1. The van der Waals surface area contributed by atoms with Gasteiger partial charge in [0.05, 0.1) is 5.16 Å². The lowest BCUT2D eigenvalue weighted by Crippen LogP contribution is -2.13. The zero-order chi connectivity index (χ0) is 20.6. The van der Waals surface area contributed by atoms with Crippen molar-refractivity contribution in [2.24, 2.45) is 10.9 Å². The largest absolute Gasteiger partial charge is 0.205 e. The van der Waals surface area contributed by atoms with Crippen LogP contribution in [0.2, 0.25) is 0 Å². The van der Waals surface area contributed by atoms with Crippen molar-refractivity contribution in [1.29, 1.82) is 0 Å². The van der Waals surface area contributed by atoms with E-state index in [0.29, 0.717) is 17.0 Å². The minimum Gasteiger partial charge on any atom is -0.205 e. The third kappa shape index (κ3) is 5.86. The molecule has 0 atom stereocenters. The summed E-state index contributed by atoms with van der Waals surface area (Å²) in [4.78, 5) is 3.78. The van der Waals surface area contributed by atoms with Crippen LogP contribution >= 0.6 is 12.2 Å². The molecule has 1 aliphatic carbocycles. The fraction of sp³-hybridized carbons (Fsp3) is 0.423. The van der Waals surface area contributed by atoms with Gasteiger partial charge < -0.3 is 0 Å². The molecule has 0 amide bonds. The van der Waals surface area contributed by atoms with Crippen LogP contribution in [0.25, 0.3) is 0 Å². The van der Waals surface area contributed by atoms with Gasteiger partial charge in [-0.15, -0.1) is 0 Å². The van der Waals surface area contributed by atoms with Gasteiger partial charge in [-0.25, -0.2) is 4.39 Å². The van der Waals surface area contributed by atoms with Gasteiger partial charge in [0.2, 0.25) is 0 Å². The third-order valence-electron chi connectivity index (χ3n) is 5.96. The highest BCUT2D eigenvalue weighted by atomic mass is 32.1. The molecule has 3 rings (SSSR count). The molecule has 150 valence electrons. The van der Waals surface area contributed by atoms with Crippen LogP contribution in [-0.2, 0) is 0 Å². The number of rotatable bonds is 5. The molecule has 3 heteroatoms. The Bertz CT molecular complexity index is 914. The van der Waals surface area contributed by atoms with Crippen molar-refractivity contribution in [3.05, 3.63) is 64.5 Å². The van der Waals surface area contributed by atoms with Crippen LogP contribution in [0.5, 0.6) is 0 Å². The minimum absolute atomic E-state index is 0.235. The Hall–Kier alpha value is -2.27. The summed E-state index contributed by atoms with van der Waals surface area (Å²) in [7, 11) is 0. The van der Waals surface area contributed by atoms with Crippen molar-refractivity contribution in [2.45, 2.75) is 64.7 Å². The Balaban J connectivity index is 1.64. The normalized spacial score (nSPS) is 18.4. The molecule has 0 N–H and O–H groups in total. The summed E-state index contributed by atoms with van der Waals surface area (Å²) in [6.45, 7) is 4.07. The molecule has 1 fully saturated rings. The van der Waals surface area contributed by atoms with Gasteiger partial charge in [-0.1, -0.05) is 50.2 Å². The van der Waals surface area contributed by atoms with Gasteiger partial charge in [0, 0.05) is 11.1 Å². The van der Waals surface area contributed by atoms with Crippen LogP contribution in [-0.4, -0.2) is 5.16 Å². The number of halogens is 1. The number of nitrogens with zero attached hydrogens (tertiary/aromatic N) is 1. The van der Waals surface area contributed by atoms with Gasteiger partial charge in [0.1, 0.15) is 5.69 Å². The number of hydrogen-bond donors (Lipinski definition) is 0. The van der Waals surface area contributed by atoms with E-state index in [1.54, 1.807) is 6.92 Å². The van der Waals surface area contributed by atoms with E-state index < -0.39 is 5.82 Å². The van der Waals surface area contributed by atoms with Crippen molar-refractivity contribution < 1.29 is 4.39 Å². The van der Waals surface area contributed by atoms with Crippen molar-refractivity contribution in [2.75, 3.05) is 0 Å². The van der Waals surface area contributed by atoms with Crippen LogP contribution in [0.4, 0.5) is 10.1 Å². The highest BCUT2D eigenvalue weighted by Crippen LogP contribution is 2.37. The maximum absolute atomic E-state index is 14.1. The Morgan fingerprint density at radius 1 is 1.03 bits per heavy atom. The summed E-state index contributed by atoms with van der Waals surface area (Å²) < 4.78 is 14.1. The lowest BCUT2D eigenvalue weighted by molar-refractivity contribution is 0.304. The van der Waals surface area contributed by atoms with Crippen molar-refractivity contribution in [3.63, 3.8) is 0 Å². The zero-order valence-corrected chi connectivity index (χ0v) is 18.1. The first kappa shape index (κ1) is 21.4. The van der Waals surface area contributed by atoms with E-state index in [9.17, 15) is 4.39 Å². The SMILES string of the molecule is CCCCC1CCC(c2ccc(C#Cc3cc(C)c(N=C=S)c(F)c3)cc2)CC1. The van der Waals surface area contributed by atoms with E-state index in [1.165, 1.54) is 56.6 Å². The van der Waals surface area contributed by atoms with Crippen molar-refractivity contribution in [3.8, 4) is 11.8 Å². The van der Waals surface area contributed by atoms with E-state index in [0.717, 1.165) is 11.5 Å². The average molecular weight is 406 g/mol. The summed E-state index contributed by atoms with van der Waals surface area (Å²) in [6, 6.07) is 11.8. The topological polar surface area (TPSA) is 12.4 Å². The van der Waals surface area contributed by atoms with E-state index in [2.05, 4.69) is 65.4 Å². The predicted molar refractivity (Wildman–Crippen MR) is 122 cm³/mol. The highest BCUT2D eigenvalue weighted by Gasteiger charge is 2.21. The first-order valence-electron chi connectivity index (χ1n) is 10.6. The third-order valence-corrected chi connectivity index (χ3v) is 6.05. The van der Waals surface area contributed by atoms with Crippen LogP contribution < -0.4 is 0 Å². The van der Waals surface area contributed by atoms with Crippen molar-refractivity contribution >= 4 is 23.1 Å². The Kier molecular flexibility index (Phi) is 7.76. The second kappa shape index (κ2) is 10.5. The molecule has 0 spiro atoms. The lowest BCUT2D eigenvalue weighted by Gasteiger charge is -2.28. The Morgan fingerprint density at radius 2 is 1.72 bits per heavy atom. The summed E-state index contributed by atoms with van der Waals surface area (Å²) in [6.07, 6.45) is 9.40. The summed E-state index contributed by atoms with van der Waals surface area (Å²) >= 11 is 4.57. The molecule has 0 unspecified atom stereocenters. The van der Waals surface area contributed by atoms with Crippen LogP contribution in [0.1, 0.15) is 80.0 Å². The summed E-state index contributed by atoms with van der Waals surface area (Å²) in [5.74, 6) is 7.40. The maximum atomic E-state index is 14.1. The van der Waals surface area contributed by atoms with E-state index in [4.69, 9.17) is 0 Å². The van der Waals surface area contributed by atoms with Crippen LogP contribution in [0, 0.1) is 30.5 Å². The summed E-state index contributed by atoms with van der Waals surface area (Å²) in [5, 5.41) is 2.22. The number of thiocarbonyl (C=S) groups is 1. The molecule has 0 aliphatic heterocycles. The molecule has 0 bridgehead atoms. The monoisotopic (exact) mass is 405 g/mol. The second-order valence-electron chi connectivity index (χ2n) is 8.06. The molecular formula is C26H28FNS. The minimum atomic E-state index is -0.420. The molecule has 0 saturated heterocycles. The average Bonchev–Trinajstić information content (AvgIpc) is 2.74. The molecule has 1 aliphatic rings. The fourth-order valence-electron chi connectivity index (χ4n) is 4.26. The van der Waals surface area contributed by atoms with E-state index in [1.807, 2.05) is 6.07 Å². The molecule has 0 heterocycles. The van der Waals surface area contributed by atoms with Gasteiger partial charge in [-0.05, 0) is 92.1 Å². The maximum Gasteiger partial charge on any atom is 0.151 e. The first-order chi connectivity index (χ1) is 14.1.